The number of hydrogen-bond donors (Lipinski definition) is 1. The summed E-state index contributed by atoms with van der Waals surface area (Å²) >= 11 is 0. The van der Waals surface area contributed by atoms with E-state index in [0.717, 1.165) is 6.29 Å². The molecule has 0 aliphatic heterocycles. The van der Waals surface area contributed by atoms with Crippen LogP contribution in [0.1, 0.15) is 33.6 Å². The maximum Gasteiger partial charge on any atom is 0.162 e. The molecule has 0 aliphatic carbocycles. The monoisotopic (exact) mass is 457 g/mol. The van der Waals surface area contributed by atoms with E-state index in [1.54, 1.807) is 50.3 Å². The first kappa shape index (κ1) is 30.7. The molecule has 2 radical (unpaired) electrons. The van der Waals surface area contributed by atoms with E-state index < -0.39 is 0 Å². The molecule has 0 saturated carbocycles. The van der Waals surface area contributed by atoms with E-state index in [0.29, 0.717) is 40.6 Å². The molecule has 178 valence electrons. The van der Waals surface area contributed by atoms with Crippen LogP contribution >= 0.6 is 0 Å². The van der Waals surface area contributed by atoms with E-state index in [2.05, 4.69) is 19.7 Å². The fourth-order valence-corrected chi connectivity index (χ4v) is 2.73. The van der Waals surface area contributed by atoms with Crippen LogP contribution in [-0.4, -0.2) is 32.2 Å². The highest BCUT2D eigenvalue weighted by Crippen LogP contribution is 2.18. The predicted octanol–water partition coefficient (Wildman–Crippen LogP) is 5.44. The van der Waals surface area contributed by atoms with Crippen LogP contribution in [0.3, 0.4) is 0 Å². The maximum atomic E-state index is 12.5. The molecule has 2 N–H and O–H groups in total. The van der Waals surface area contributed by atoms with Gasteiger partial charge in [-0.2, -0.15) is 0 Å². The third-order valence-electron chi connectivity index (χ3n) is 5.05. The molecular formula is C29H36BNO3. The summed E-state index contributed by atoms with van der Waals surface area (Å²) in [4.78, 5) is 33.5. The van der Waals surface area contributed by atoms with Crippen LogP contribution < -0.4 is 5.73 Å². The van der Waals surface area contributed by atoms with Crippen molar-refractivity contribution in [2.75, 3.05) is 0 Å². The zero-order valence-corrected chi connectivity index (χ0v) is 20.6. The standard InChI is InChI=1S/C29H36BNO3/c1-21(20-33)18-26(6)29(31)24(4)14-16-27(30)15-13-23(3)28(34)19-25(5)22(2)12-10-8-7-9-11-17-32/h7-14,16-18,20,26-27,29H,2,4-5,15,19,31H2,1,3,6H3/b8-7+,11-9+,12-10+,16-14+,21-18+,23-13+/t26-,27-,29-/m0/s1. The number of nitrogens with two attached hydrogens (primary N) is 1. The number of Topliss-reactive ketones (excluding diaryl/α,β-unsaturated/α-hetero) is 1. The lowest BCUT2D eigenvalue weighted by Crippen LogP contribution is -2.28. The molecule has 0 heterocycles. The number of carbonyl (C=O) groups excluding carboxylic acids is 3. The Morgan fingerprint density at radius 1 is 1.00 bits per heavy atom. The van der Waals surface area contributed by atoms with Gasteiger partial charge in [-0.05, 0) is 60.1 Å². The molecule has 0 aromatic carbocycles. The van der Waals surface area contributed by atoms with Crippen LogP contribution in [-0.2, 0) is 14.4 Å². The number of ketones is 1. The Hall–Kier alpha value is -3.31. The fraction of sp³-hybridized carbons (Fsp3) is 0.276. The molecule has 34 heavy (non-hydrogen) atoms. The van der Waals surface area contributed by atoms with E-state index in [1.165, 1.54) is 6.08 Å². The molecule has 0 bridgehead atoms. The van der Waals surface area contributed by atoms with Crippen LogP contribution in [0.4, 0.5) is 0 Å². The van der Waals surface area contributed by atoms with Crippen molar-refractivity contribution in [2.45, 2.75) is 45.5 Å². The van der Waals surface area contributed by atoms with Crippen molar-refractivity contribution in [3.8, 4) is 0 Å². The van der Waals surface area contributed by atoms with Crippen molar-refractivity contribution in [1.82, 2.24) is 0 Å². The van der Waals surface area contributed by atoms with E-state index in [4.69, 9.17) is 13.6 Å². The molecule has 0 fully saturated rings. The van der Waals surface area contributed by atoms with Crippen LogP contribution in [0.25, 0.3) is 0 Å². The lowest BCUT2D eigenvalue weighted by Gasteiger charge is -2.18. The zero-order valence-electron chi connectivity index (χ0n) is 20.6. The number of aldehydes is 2. The molecule has 0 unspecified atom stereocenters. The minimum absolute atomic E-state index is 0.0358. The van der Waals surface area contributed by atoms with Gasteiger partial charge in [-0.3, -0.25) is 14.4 Å². The summed E-state index contributed by atoms with van der Waals surface area (Å²) in [5.41, 5.74) is 9.44. The molecular weight excluding hydrogens is 421 g/mol. The Kier molecular flexibility index (Phi) is 15.5. The van der Waals surface area contributed by atoms with Gasteiger partial charge in [0.05, 0.1) is 7.85 Å². The van der Waals surface area contributed by atoms with E-state index >= 15 is 0 Å². The molecule has 0 spiro atoms. The van der Waals surface area contributed by atoms with Crippen molar-refractivity contribution in [2.24, 2.45) is 11.7 Å². The quantitative estimate of drug-likeness (QED) is 0.145. The number of rotatable bonds is 16. The van der Waals surface area contributed by atoms with E-state index in [1.807, 2.05) is 25.2 Å². The van der Waals surface area contributed by atoms with Crippen LogP contribution in [0.5, 0.6) is 0 Å². The summed E-state index contributed by atoms with van der Waals surface area (Å²) < 4.78 is 0. The molecule has 0 rings (SSSR count). The molecule has 0 aromatic heterocycles. The van der Waals surface area contributed by atoms with E-state index in [-0.39, 0.29) is 30.0 Å². The van der Waals surface area contributed by atoms with Crippen molar-refractivity contribution >= 4 is 26.2 Å². The fourth-order valence-electron chi connectivity index (χ4n) is 2.73. The third kappa shape index (κ3) is 13.3. The first-order valence-corrected chi connectivity index (χ1v) is 11.1. The summed E-state index contributed by atoms with van der Waals surface area (Å²) in [6.07, 6.45) is 19.4. The summed E-state index contributed by atoms with van der Waals surface area (Å²) in [7, 11) is 6.14. The Balaban J connectivity index is 4.76. The second kappa shape index (κ2) is 17.2. The highest BCUT2D eigenvalue weighted by Gasteiger charge is 2.13. The molecule has 3 atom stereocenters. The van der Waals surface area contributed by atoms with Crippen LogP contribution in [0, 0.1) is 5.92 Å². The van der Waals surface area contributed by atoms with Crippen molar-refractivity contribution in [3.63, 3.8) is 0 Å². The van der Waals surface area contributed by atoms with Gasteiger partial charge in [-0.15, -0.1) is 0 Å². The molecule has 0 aliphatic rings. The van der Waals surface area contributed by atoms with Crippen LogP contribution in [0.2, 0.25) is 5.82 Å². The third-order valence-corrected chi connectivity index (χ3v) is 5.05. The summed E-state index contributed by atoms with van der Waals surface area (Å²) in [6, 6.07) is -0.325. The van der Waals surface area contributed by atoms with Gasteiger partial charge in [0.25, 0.3) is 0 Å². The zero-order chi connectivity index (χ0) is 26.1. The number of hydrogen-bond acceptors (Lipinski definition) is 4. The van der Waals surface area contributed by atoms with Crippen LogP contribution in [0.15, 0.2) is 108 Å². The number of allylic oxidation sites excluding steroid dienone is 12. The van der Waals surface area contributed by atoms with Crippen molar-refractivity contribution < 1.29 is 14.4 Å². The average molecular weight is 457 g/mol. The van der Waals surface area contributed by atoms with Gasteiger partial charge in [0.1, 0.15) is 12.6 Å². The Morgan fingerprint density at radius 3 is 2.24 bits per heavy atom. The molecule has 0 amide bonds. The first-order chi connectivity index (χ1) is 16.0. The second-order valence-electron chi connectivity index (χ2n) is 8.13. The summed E-state index contributed by atoms with van der Waals surface area (Å²) in [5, 5.41) is 0. The minimum atomic E-state index is -0.325. The highest BCUT2D eigenvalue weighted by molar-refractivity contribution is 6.13. The van der Waals surface area contributed by atoms with Gasteiger partial charge >= 0.3 is 0 Å². The Morgan fingerprint density at radius 2 is 1.62 bits per heavy atom. The lowest BCUT2D eigenvalue weighted by molar-refractivity contribution is -0.115. The lowest BCUT2D eigenvalue weighted by atomic mass is 9.82. The first-order valence-electron chi connectivity index (χ1n) is 11.1. The van der Waals surface area contributed by atoms with E-state index in [9.17, 15) is 14.4 Å². The normalized spacial score (nSPS) is 15.6. The number of carbonyl (C=O) groups is 3. The van der Waals surface area contributed by atoms with Gasteiger partial charge in [-0.25, -0.2) is 0 Å². The molecule has 4 nitrogen and oxygen atoms in total. The van der Waals surface area contributed by atoms with Crippen molar-refractivity contribution in [1.29, 1.82) is 0 Å². The molecule has 0 saturated heterocycles. The molecule has 5 heteroatoms. The average Bonchev–Trinajstić information content (AvgIpc) is 2.81. The van der Waals surface area contributed by atoms with Gasteiger partial charge < -0.3 is 5.73 Å². The van der Waals surface area contributed by atoms with Gasteiger partial charge in [0.2, 0.25) is 0 Å². The summed E-state index contributed by atoms with van der Waals surface area (Å²) in [5.74, 6) is -0.375. The van der Waals surface area contributed by atoms with Gasteiger partial charge in [-0.1, -0.05) is 87.2 Å². The Bertz CT molecular complexity index is 944. The van der Waals surface area contributed by atoms with Gasteiger partial charge in [0, 0.05) is 12.5 Å². The predicted molar refractivity (Wildman–Crippen MR) is 145 cm³/mol. The SMILES string of the molecule is [B][C@H](/C=C/C(=C)[C@H](N)[C@@H](C)/C=C(\C)C=O)C/C=C(\C)C(=O)CC(=C)C(=C)/C=C/C=C/C=C/C=O. The minimum Gasteiger partial charge on any atom is -0.323 e. The Labute approximate surface area is 206 Å². The summed E-state index contributed by atoms with van der Waals surface area (Å²) in [6.45, 7) is 17.3. The smallest absolute Gasteiger partial charge is 0.162 e. The topological polar surface area (TPSA) is 77.2 Å². The second-order valence-corrected chi connectivity index (χ2v) is 8.13. The largest absolute Gasteiger partial charge is 0.323 e. The maximum absolute atomic E-state index is 12.5. The van der Waals surface area contributed by atoms with Gasteiger partial charge in [0.15, 0.2) is 5.78 Å². The van der Waals surface area contributed by atoms with Crippen molar-refractivity contribution in [3.05, 3.63) is 108 Å². The molecule has 0 aromatic rings. The highest BCUT2D eigenvalue weighted by atomic mass is 16.1.